The summed E-state index contributed by atoms with van der Waals surface area (Å²) in [6, 6.07) is 14.0. The number of rotatable bonds is 5. The molecular weight excluding hydrogens is 414 g/mol. The zero-order valence-electron chi connectivity index (χ0n) is 15.8. The number of sulfonamides is 1. The lowest BCUT2D eigenvalue weighted by Gasteiger charge is -2.30. The van der Waals surface area contributed by atoms with Crippen LogP contribution in [0, 0.1) is 0 Å². The number of ether oxygens (including phenoxy) is 1. The second-order valence-corrected chi connectivity index (χ2v) is 9.07. The van der Waals surface area contributed by atoms with E-state index in [0.717, 1.165) is 17.3 Å². The molecule has 1 aliphatic heterocycles. The molecule has 0 radical (unpaired) electrons. The number of benzene rings is 2. The summed E-state index contributed by atoms with van der Waals surface area (Å²) in [6.07, 6.45) is 1.25. The second-order valence-electron chi connectivity index (χ2n) is 6.76. The topological polar surface area (TPSA) is 90.2 Å². The molecule has 0 N–H and O–H groups in total. The van der Waals surface area contributed by atoms with Gasteiger partial charge >= 0.3 is 0 Å². The second kappa shape index (κ2) is 8.10. The van der Waals surface area contributed by atoms with Crippen LogP contribution in [0.4, 0.5) is 0 Å². The average molecular weight is 434 g/mol. The van der Waals surface area contributed by atoms with E-state index in [0.29, 0.717) is 25.9 Å². The van der Waals surface area contributed by atoms with Crippen molar-refractivity contribution in [1.82, 2.24) is 24.5 Å². The van der Waals surface area contributed by atoms with Gasteiger partial charge in [0.2, 0.25) is 10.0 Å². The Morgan fingerprint density at radius 2 is 1.76 bits per heavy atom. The van der Waals surface area contributed by atoms with Gasteiger partial charge in [0.1, 0.15) is 10.6 Å². The van der Waals surface area contributed by atoms with E-state index in [2.05, 4.69) is 15.5 Å². The molecule has 4 rings (SSSR count). The summed E-state index contributed by atoms with van der Waals surface area (Å²) < 4.78 is 34.2. The maximum atomic E-state index is 12.9. The van der Waals surface area contributed by atoms with Gasteiger partial charge in [0.25, 0.3) is 0 Å². The highest BCUT2D eigenvalue weighted by molar-refractivity contribution is 7.89. The van der Waals surface area contributed by atoms with E-state index in [9.17, 15) is 8.42 Å². The summed E-state index contributed by atoms with van der Waals surface area (Å²) in [5.74, 6) is 1.54. The van der Waals surface area contributed by atoms with Gasteiger partial charge in [0, 0.05) is 19.0 Å². The summed E-state index contributed by atoms with van der Waals surface area (Å²) in [4.78, 5) is 0.142. The zero-order chi connectivity index (χ0) is 20.4. The quantitative estimate of drug-likeness (QED) is 0.614. The molecule has 152 valence electrons. The Morgan fingerprint density at radius 1 is 1.07 bits per heavy atom. The van der Waals surface area contributed by atoms with Gasteiger partial charge in [-0.25, -0.2) is 8.42 Å². The predicted molar refractivity (Wildman–Crippen MR) is 108 cm³/mol. The van der Waals surface area contributed by atoms with Gasteiger partial charge in [-0.2, -0.15) is 8.99 Å². The van der Waals surface area contributed by atoms with E-state index < -0.39 is 10.0 Å². The third-order valence-corrected chi connectivity index (χ3v) is 7.48. The maximum Gasteiger partial charge on any atom is 0.244 e. The molecule has 29 heavy (non-hydrogen) atoms. The van der Waals surface area contributed by atoms with Crippen LogP contribution in [0.1, 0.15) is 24.6 Å². The van der Waals surface area contributed by atoms with Gasteiger partial charge in [-0.05, 0) is 59.7 Å². The molecule has 8 nitrogen and oxygen atoms in total. The van der Waals surface area contributed by atoms with Crippen molar-refractivity contribution in [2.75, 3.05) is 20.2 Å². The Balaban J connectivity index is 1.51. The van der Waals surface area contributed by atoms with E-state index >= 15 is 0 Å². The number of halogens is 1. The Kier molecular flexibility index (Phi) is 5.53. The van der Waals surface area contributed by atoms with Gasteiger partial charge in [0.15, 0.2) is 5.82 Å². The van der Waals surface area contributed by atoms with Gasteiger partial charge in [-0.3, -0.25) is 0 Å². The molecule has 0 bridgehead atoms. The molecule has 0 amide bonds. The molecule has 1 aromatic heterocycles. The van der Waals surface area contributed by atoms with E-state index in [1.807, 2.05) is 24.3 Å². The van der Waals surface area contributed by atoms with Gasteiger partial charge in [0.05, 0.1) is 17.8 Å². The minimum atomic E-state index is -3.63. The molecule has 0 saturated carbocycles. The molecule has 2 heterocycles. The Hall–Kier alpha value is -2.49. The zero-order valence-corrected chi connectivity index (χ0v) is 17.3. The molecule has 10 heteroatoms. The van der Waals surface area contributed by atoms with Crippen LogP contribution in [0.2, 0.25) is 5.02 Å². The molecule has 1 fully saturated rings. The van der Waals surface area contributed by atoms with Crippen LogP contribution in [-0.4, -0.2) is 53.1 Å². The van der Waals surface area contributed by atoms with Crippen LogP contribution in [0.3, 0.4) is 0 Å². The highest BCUT2D eigenvalue weighted by Gasteiger charge is 2.33. The van der Waals surface area contributed by atoms with Crippen molar-refractivity contribution in [1.29, 1.82) is 0 Å². The molecule has 0 unspecified atom stereocenters. The summed E-state index contributed by atoms with van der Waals surface area (Å²) in [5, 5.41) is 12.4. The summed E-state index contributed by atoms with van der Waals surface area (Å²) in [7, 11) is -2.01. The van der Waals surface area contributed by atoms with Gasteiger partial charge in [-0.15, -0.1) is 5.10 Å². The van der Waals surface area contributed by atoms with Crippen LogP contribution < -0.4 is 4.74 Å². The molecular formula is C19H20ClN5O3S. The van der Waals surface area contributed by atoms with Crippen molar-refractivity contribution < 1.29 is 13.2 Å². The normalized spacial score (nSPS) is 16.1. The van der Waals surface area contributed by atoms with Crippen LogP contribution in [0.15, 0.2) is 53.4 Å². The summed E-state index contributed by atoms with van der Waals surface area (Å²) in [5.41, 5.74) is 0.830. The summed E-state index contributed by atoms with van der Waals surface area (Å²) in [6.45, 7) is 0.765. The predicted octanol–water partition coefficient (Wildman–Crippen LogP) is 2.89. The van der Waals surface area contributed by atoms with Crippen molar-refractivity contribution >= 4 is 21.6 Å². The molecule has 0 atom stereocenters. The van der Waals surface area contributed by atoms with Crippen molar-refractivity contribution in [2.45, 2.75) is 23.7 Å². The van der Waals surface area contributed by atoms with E-state index in [4.69, 9.17) is 16.3 Å². The number of nitrogens with zero attached hydrogens (tertiary/aromatic N) is 5. The first-order valence-electron chi connectivity index (χ1n) is 9.18. The van der Waals surface area contributed by atoms with Crippen LogP contribution >= 0.6 is 11.6 Å². The standard InChI is InChI=1S/C19H20ClN5O3S/c1-28-16-8-6-15(7-9-16)25-19(21-22-23-25)14-10-12-24(13-11-14)29(26,27)18-5-3-2-4-17(18)20/h2-9,14H,10-13H2,1H3. The number of piperidine rings is 1. The highest BCUT2D eigenvalue weighted by atomic mass is 35.5. The van der Waals surface area contributed by atoms with Crippen LogP contribution in [0.25, 0.3) is 5.69 Å². The number of aromatic nitrogens is 4. The number of hydrogen-bond acceptors (Lipinski definition) is 6. The van der Waals surface area contributed by atoms with Crippen molar-refractivity contribution in [3.63, 3.8) is 0 Å². The lowest BCUT2D eigenvalue weighted by molar-refractivity contribution is 0.311. The lowest BCUT2D eigenvalue weighted by Crippen LogP contribution is -2.38. The van der Waals surface area contributed by atoms with Crippen LogP contribution in [-0.2, 0) is 10.0 Å². The highest BCUT2D eigenvalue weighted by Crippen LogP contribution is 2.32. The largest absolute Gasteiger partial charge is 0.497 e. The SMILES string of the molecule is COc1ccc(-n2nnnc2C2CCN(S(=O)(=O)c3ccccc3Cl)CC2)cc1. The third-order valence-electron chi connectivity index (χ3n) is 5.08. The first-order valence-corrected chi connectivity index (χ1v) is 11.0. The Bertz CT molecular complexity index is 1090. The number of methoxy groups -OCH3 is 1. The van der Waals surface area contributed by atoms with Crippen molar-refractivity contribution in [3.05, 3.63) is 59.4 Å². The molecule has 1 saturated heterocycles. The molecule has 1 aliphatic rings. The van der Waals surface area contributed by atoms with Gasteiger partial charge in [-0.1, -0.05) is 23.7 Å². The fourth-order valence-corrected chi connectivity index (χ4v) is 5.47. The fourth-order valence-electron chi connectivity index (χ4n) is 3.50. The van der Waals surface area contributed by atoms with Gasteiger partial charge < -0.3 is 4.74 Å². The lowest BCUT2D eigenvalue weighted by atomic mass is 9.97. The smallest absolute Gasteiger partial charge is 0.244 e. The molecule has 2 aromatic carbocycles. The molecule has 0 spiro atoms. The van der Waals surface area contributed by atoms with Crippen molar-refractivity contribution in [2.24, 2.45) is 0 Å². The third kappa shape index (κ3) is 3.85. The Labute approximate surface area is 174 Å². The molecule has 0 aliphatic carbocycles. The first-order chi connectivity index (χ1) is 14.0. The summed E-state index contributed by atoms with van der Waals surface area (Å²) >= 11 is 6.10. The van der Waals surface area contributed by atoms with E-state index in [-0.39, 0.29) is 15.8 Å². The number of hydrogen-bond donors (Lipinski definition) is 0. The van der Waals surface area contributed by atoms with E-state index in [1.165, 1.54) is 10.4 Å². The fraction of sp³-hybridized carbons (Fsp3) is 0.316. The molecule has 3 aromatic rings. The minimum absolute atomic E-state index is 0.0600. The number of tetrazole rings is 1. The average Bonchev–Trinajstić information content (AvgIpc) is 3.24. The monoisotopic (exact) mass is 433 g/mol. The maximum absolute atomic E-state index is 12.9. The minimum Gasteiger partial charge on any atom is -0.497 e. The van der Waals surface area contributed by atoms with E-state index in [1.54, 1.807) is 30.0 Å². The van der Waals surface area contributed by atoms with Crippen molar-refractivity contribution in [3.8, 4) is 11.4 Å². The van der Waals surface area contributed by atoms with Crippen LogP contribution in [0.5, 0.6) is 5.75 Å². The first kappa shape index (κ1) is 19.8. The Morgan fingerprint density at radius 3 is 2.41 bits per heavy atom.